The summed E-state index contributed by atoms with van der Waals surface area (Å²) in [6.45, 7) is 7.00. The number of hydrogen-bond donors (Lipinski definition) is 0. The summed E-state index contributed by atoms with van der Waals surface area (Å²) in [5.41, 5.74) is 1.01. The standard InChI is InChI=1S/C18H21NO4/c1-11(20)19(5)13-8-6-12(7-9-13)10-14-16(21)15(17(22)23-14)18(2,3)4/h6-10,15H,1-5H3/b14-10+. The molecule has 1 heterocycles. The molecule has 5 nitrogen and oxygen atoms in total. The number of hydrogen-bond acceptors (Lipinski definition) is 4. The van der Waals surface area contributed by atoms with Gasteiger partial charge in [0.15, 0.2) is 5.76 Å². The SMILES string of the molecule is CC(=O)N(C)c1ccc(/C=C2/OC(=O)C(C(C)(C)C)C2=O)cc1. The van der Waals surface area contributed by atoms with Crippen LogP contribution >= 0.6 is 0 Å². The molecule has 1 aliphatic rings. The normalized spacial score (nSPS) is 19.9. The van der Waals surface area contributed by atoms with Crippen molar-refractivity contribution in [1.82, 2.24) is 0 Å². The van der Waals surface area contributed by atoms with E-state index in [1.54, 1.807) is 37.4 Å². The van der Waals surface area contributed by atoms with E-state index in [0.717, 1.165) is 11.3 Å². The Kier molecular flexibility index (Phi) is 4.41. The Morgan fingerprint density at radius 3 is 2.17 bits per heavy atom. The molecule has 1 fully saturated rings. The third-order valence-electron chi connectivity index (χ3n) is 3.87. The maximum Gasteiger partial charge on any atom is 0.323 e. The summed E-state index contributed by atoms with van der Waals surface area (Å²) >= 11 is 0. The second-order valence-electron chi connectivity index (χ2n) is 6.76. The van der Waals surface area contributed by atoms with Crippen LogP contribution in [0.15, 0.2) is 30.0 Å². The first kappa shape index (κ1) is 16.9. The number of ketones is 1. The van der Waals surface area contributed by atoms with Crippen LogP contribution in [0.1, 0.15) is 33.3 Å². The fraction of sp³-hybridized carbons (Fsp3) is 0.389. The molecule has 0 saturated carbocycles. The zero-order chi connectivity index (χ0) is 17.4. The van der Waals surface area contributed by atoms with E-state index in [4.69, 9.17) is 4.74 Å². The Balaban J connectivity index is 2.25. The minimum Gasteiger partial charge on any atom is -0.422 e. The number of rotatable bonds is 2. The van der Waals surface area contributed by atoms with Crippen molar-refractivity contribution in [3.05, 3.63) is 35.6 Å². The van der Waals surface area contributed by atoms with Crippen LogP contribution in [-0.4, -0.2) is 24.7 Å². The molecule has 122 valence electrons. The fourth-order valence-corrected chi connectivity index (χ4v) is 2.44. The maximum atomic E-state index is 12.4. The van der Waals surface area contributed by atoms with Gasteiger partial charge in [-0.25, -0.2) is 0 Å². The van der Waals surface area contributed by atoms with E-state index < -0.39 is 17.3 Å². The van der Waals surface area contributed by atoms with E-state index in [1.165, 1.54) is 11.8 Å². The van der Waals surface area contributed by atoms with E-state index in [0.29, 0.717) is 0 Å². The molecule has 0 bridgehead atoms. The summed E-state index contributed by atoms with van der Waals surface area (Å²) in [6.07, 6.45) is 1.56. The first-order valence-electron chi connectivity index (χ1n) is 7.43. The van der Waals surface area contributed by atoms with Gasteiger partial charge in [-0.15, -0.1) is 0 Å². The van der Waals surface area contributed by atoms with Crippen LogP contribution in [0, 0.1) is 11.3 Å². The van der Waals surface area contributed by atoms with Crippen LogP contribution in [0.4, 0.5) is 5.69 Å². The Labute approximate surface area is 135 Å². The molecule has 0 N–H and O–H groups in total. The second-order valence-corrected chi connectivity index (χ2v) is 6.76. The largest absolute Gasteiger partial charge is 0.422 e. The van der Waals surface area contributed by atoms with E-state index in [-0.39, 0.29) is 17.4 Å². The highest BCUT2D eigenvalue weighted by Gasteiger charge is 2.46. The number of Topliss-reactive ketones (excluding diaryl/α,β-unsaturated/α-hetero) is 1. The smallest absolute Gasteiger partial charge is 0.323 e. The zero-order valence-corrected chi connectivity index (χ0v) is 14.0. The van der Waals surface area contributed by atoms with Gasteiger partial charge >= 0.3 is 5.97 Å². The summed E-state index contributed by atoms with van der Waals surface area (Å²) in [7, 11) is 1.69. The monoisotopic (exact) mass is 315 g/mol. The van der Waals surface area contributed by atoms with E-state index in [9.17, 15) is 14.4 Å². The lowest BCUT2D eigenvalue weighted by molar-refractivity contribution is -0.142. The number of carbonyl (C=O) groups excluding carboxylic acids is 3. The zero-order valence-electron chi connectivity index (χ0n) is 14.0. The highest BCUT2D eigenvalue weighted by molar-refractivity contribution is 6.15. The van der Waals surface area contributed by atoms with Crippen molar-refractivity contribution in [1.29, 1.82) is 0 Å². The number of esters is 1. The molecule has 1 amide bonds. The number of cyclic esters (lactones) is 1. The van der Waals surface area contributed by atoms with Crippen molar-refractivity contribution >= 4 is 29.4 Å². The van der Waals surface area contributed by atoms with Crippen LogP contribution in [0.25, 0.3) is 6.08 Å². The molecule has 0 aromatic heterocycles. The quantitative estimate of drug-likeness (QED) is 0.478. The second kappa shape index (κ2) is 5.99. The number of nitrogens with zero attached hydrogens (tertiary/aromatic N) is 1. The van der Waals surface area contributed by atoms with Crippen LogP contribution in [0.5, 0.6) is 0 Å². The molecule has 1 unspecified atom stereocenters. The number of anilines is 1. The lowest BCUT2D eigenvalue weighted by Crippen LogP contribution is -2.29. The van der Waals surface area contributed by atoms with Gasteiger partial charge in [0, 0.05) is 19.7 Å². The van der Waals surface area contributed by atoms with Gasteiger partial charge < -0.3 is 9.64 Å². The first-order valence-corrected chi connectivity index (χ1v) is 7.43. The highest BCUT2D eigenvalue weighted by Crippen LogP contribution is 2.36. The highest BCUT2D eigenvalue weighted by atomic mass is 16.5. The number of ether oxygens (including phenoxy) is 1. The van der Waals surface area contributed by atoms with Gasteiger partial charge in [0.2, 0.25) is 11.7 Å². The van der Waals surface area contributed by atoms with Crippen molar-refractivity contribution in [3.63, 3.8) is 0 Å². The van der Waals surface area contributed by atoms with Gasteiger partial charge in [0.25, 0.3) is 0 Å². The van der Waals surface area contributed by atoms with Crippen molar-refractivity contribution in [3.8, 4) is 0 Å². The summed E-state index contributed by atoms with van der Waals surface area (Å²) < 4.78 is 5.14. The van der Waals surface area contributed by atoms with Crippen molar-refractivity contribution < 1.29 is 19.1 Å². The lowest BCUT2D eigenvalue weighted by Gasteiger charge is -2.20. The molecule has 1 aliphatic heterocycles. The first-order chi connectivity index (χ1) is 10.6. The predicted octanol–water partition coefficient (Wildman–Crippen LogP) is 2.80. The van der Waals surface area contributed by atoms with Crippen molar-refractivity contribution in [2.45, 2.75) is 27.7 Å². The fourth-order valence-electron chi connectivity index (χ4n) is 2.44. The Hall–Kier alpha value is -2.43. The average Bonchev–Trinajstić information content (AvgIpc) is 2.73. The third-order valence-corrected chi connectivity index (χ3v) is 3.87. The molecule has 0 spiro atoms. The minimum absolute atomic E-state index is 0.0657. The lowest BCUT2D eigenvalue weighted by atomic mass is 9.79. The Bertz CT molecular complexity index is 680. The van der Waals surface area contributed by atoms with Gasteiger partial charge in [-0.2, -0.15) is 0 Å². The van der Waals surface area contributed by atoms with Gasteiger partial charge in [-0.05, 0) is 29.2 Å². The van der Waals surface area contributed by atoms with Crippen LogP contribution < -0.4 is 4.90 Å². The number of amides is 1. The van der Waals surface area contributed by atoms with E-state index in [2.05, 4.69) is 0 Å². The summed E-state index contributed by atoms with van der Waals surface area (Å²) in [4.78, 5) is 37.1. The topological polar surface area (TPSA) is 63.7 Å². The molecule has 23 heavy (non-hydrogen) atoms. The molecule has 1 saturated heterocycles. The van der Waals surface area contributed by atoms with Gasteiger partial charge in [0.05, 0.1) is 0 Å². The molecule has 5 heteroatoms. The predicted molar refractivity (Wildman–Crippen MR) is 87.5 cm³/mol. The number of allylic oxidation sites excluding steroid dienone is 1. The molecule has 0 radical (unpaired) electrons. The maximum absolute atomic E-state index is 12.4. The molecule has 1 aromatic carbocycles. The summed E-state index contributed by atoms with van der Waals surface area (Å²) in [5.74, 6) is -1.54. The van der Waals surface area contributed by atoms with E-state index >= 15 is 0 Å². The average molecular weight is 315 g/mol. The summed E-state index contributed by atoms with van der Waals surface area (Å²) in [6, 6.07) is 7.09. The van der Waals surface area contributed by atoms with Crippen molar-refractivity contribution in [2.24, 2.45) is 11.3 Å². The molecule has 1 aromatic rings. The Morgan fingerprint density at radius 1 is 1.17 bits per heavy atom. The van der Waals surface area contributed by atoms with Crippen molar-refractivity contribution in [2.75, 3.05) is 11.9 Å². The third kappa shape index (κ3) is 3.50. The number of benzene rings is 1. The molecule has 0 aliphatic carbocycles. The van der Waals surface area contributed by atoms with Gasteiger partial charge in [0.1, 0.15) is 5.92 Å². The Morgan fingerprint density at radius 2 is 1.74 bits per heavy atom. The van der Waals surface area contributed by atoms with Gasteiger partial charge in [-0.1, -0.05) is 32.9 Å². The molecular formula is C18H21NO4. The molecule has 2 rings (SSSR count). The van der Waals surface area contributed by atoms with E-state index in [1.807, 2.05) is 20.8 Å². The van der Waals surface area contributed by atoms with Crippen LogP contribution in [-0.2, 0) is 19.1 Å². The molecule has 1 atom stereocenters. The summed E-state index contributed by atoms with van der Waals surface area (Å²) in [5, 5.41) is 0. The van der Waals surface area contributed by atoms with Crippen LogP contribution in [0.2, 0.25) is 0 Å². The van der Waals surface area contributed by atoms with Gasteiger partial charge in [-0.3, -0.25) is 14.4 Å². The minimum atomic E-state index is -0.767. The number of carbonyl (C=O) groups is 3. The van der Waals surface area contributed by atoms with Crippen LogP contribution in [0.3, 0.4) is 0 Å². The molecular weight excluding hydrogens is 294 g/mol.